The van der Waals surface area contributed by atoms with Gasteiger partial charge in [-0.15, -0.1) is 6.42 Å². The number of nitrogens with one attached hydrogen (secondary N) is 1. The SMILES string of the molecule is C#CCNC(C#N)CCC. The Bertz CT molecular complexity index is 150. The minimum Gasteiger partial charge on any atom is -0.291 e. The van der Waals surface area contributed by atoms with Gasteiger partial charge in [-0.2, -0.15) is 5.26 Å². The number of terminal acetylenes is 1. The van der Waals surface area contributed by atoms with Crippen molar-refractivity contribution in [1.29, 1.82) is 5.26 Å². The quantitative estimate of drug-likeness (QED) is 0.583. The molecule has 0 aliphatic heterocycles. The van der Waals surface area contributed by atoms with E-state index in [1.54, 1.807) is 0 Å². The normalized spacial score (nSPS) is 11.5. The molecule has 1 N–H and O–H groups in total. The van der Waals surface area contributed by atoms with E-state index in [2.05, 4.69) is 17.3 Å². The lowest BCUT2D eigenvalue weighted by atomic mass is 10.2. The van der Waals surface area contributed by atoms with Gasteiger partial charge in [0.1, 0.15) is 0 Å². The van der Waals surface area contributed by atoms with Crippen molar-refractivity contribution in [3.8, 4) is 18.4 Å². The third-order valence-corrected chi connectivity index (χ3v) is 1.18. The van der Waals surface area contributed by atoms with Crippen LogP contribution in [0.2, 0.25) is 0 Å². The topological polar surface area (TPSA) is 35.8 Å². The molecule has 0 radical (unpaired) electrons. The molecular weight excluding hydrogens is 124 g/mol. The van der Waals surface area contributed by atoms with Crippen LogP contribution in [0.4, 0.5) is 0 Å². The molecule has 0 bridgehead atoms. The first kappa shape index (κ1) is 9.01. The summed E-state index contributed by atoms with van der Waals surface area (Å²) in [6.45, 7) is 2.53. The zero-order valence-corrected chi connectivity index (χ0v) is 6.22. The fourth-order valence-electron chi connectivity index (χ4n) is 0.683. The van der Waals surface area contributed by atoms with Crippen LogP contribution < -0.4 is 5.32 Å². The van der Waals surface area contributed by atoms with Gasteiger partial charge in [-0.25, -0.2) is 0 Å². The molecule has 54 valence electrons. The largest absolute Gasteiger partial charge is 0.291 e. The summed E-state index contributed by atoms with van der Waals surface area (Å²) in [6, 6.07) is 2.06. The van der Waals surface area contributed by atoms with Gasteiger partial charge in [-0.3, -0.25) is 5.32 Å². The maximum absolute atomic E-state index is 8.50. The average Bonchev–Trinajstić information content (AvgIpc) is 1.98. The molecule has 0 aromatic rings. The van der Waals surface area contributed by atoms with Gasteiger partial charge in [-0.1, -0.05) is 19.3 Å². The molecule has 0 amide bonds. The second-order valence-corrected chi connectivity index (χ2v) is 2.06. The summed E-state index contributed by atoms with van der Waals surface area (Å²) >= 11 is 0. The number of hydrogen-bond donors (Lipinski definition) is 1. The predicted molar refractivity (Wildman–Crippen MR) is 41.1 cm³/mol. The molecule has 0 spiro atoms. The van der Waals surface area contributed by atoms with Crippen LogP contribution in [0.1, 0.15) is 19.8 Å². The van der Waals surface area contributed by atoms with Gasteiger partial charge in [0.2, 0.25) is 0 Å². The van der Waals surface area contributed by atoms with Crippen molar-refractivity contribution in [3.63, 3.8) is 0 Å². The highest BCUT2D eigenvalue weighted by Gasteiger charge is 2.01. The van der Waals surface area contributed by atoms with Crippen LogP contribution in [0, 0.1) is 23.7 Å². The Morgan fingerprint density at radius 2 is 2.40 bits per heavy atom. The third kappa shape index (κ3) is 3.95. The second kappa shape index (κ2) is 6.13. The van der Waals surface area contributed by atoms with Crippen molar-refractivity contribution >= 4 is 0 Å². The molecule has 0 fully saturated rings. The highest BCUT2D eigenvalue weighted by Crippen LogP contribution is 1.93. The van der Waals surface area contributed by atoms with Gasteiger partial charge >= 0.3 is 0 Å². The Hall–Kier alpha value is -0.990. The Kier molecular flexibility index (Phi) is 5.53. The molecule has 0 aliphatic rings. The first-order valence-corrected chi connectivity index (χ1v) is 3.41. The monoisotopic (exact) mass is 136 g/mol. The van der Waals surface area contributed by atoms with Crippen molar-refractivity contribution in [2.45, 2.75) is 25.8 Å². The van der Waals surface area contributed by atoms with Gasteiger partial charge in [0, 0.05) is 0 Å². The summed E-state index contributed by atoms with van der Waals surface area (Å²) in [4.78, 5) is 0. The lowest BCUT2D eigenvalue weighted by Crippen LogP contribution is -2.27. The molecule has 2 nitrogen and oxygen atoms in total. The van der Waals surface area contributed by atoms with Crippen molar-refractivity contribution in [3.05, 3.63) is 0 Å². The number of nitrogens with zero attached hydrogens (tertiary/aromatic N) is 1. The zero-order valence-electron chi connectivity index (χ0n) is 6.22. The summed E-state index contributed by atoms with van der Waals surface area (Å²) in [7, 11) is 0. The van der Waals surface area contributed by atoms with E-state index >= 15 is 0 Å². The molecular formula is C8H12N2. The fourth-order valence-corrected chi connectivity index (χ4v) is 0.683. The number of rotatable bonds is 4. The van der Waals surface area contributed by atoms with Crippen LogP contribution in [0.25, 0.3) is 0 Å². The van der Waals surface area contributed by atoms with Crippen LogP contribution in [0.3, 0.4) is 0 Å². The predicted octanol–water partition coefficient (Wildman–Crippen LogP) is 0.901. The van der Waals surface area contributed by atoms with Crippen molar-refractivity contribution in [2.75, 3.05) is 6.54 Å². The first-order valence-electron chi connectivity index (χ1n) is 3.41. The number of nitriles is 1. The van der Waals surface area contributed by atoms with Crippen molar-refractivity contribution in [2.24, 2.45) is 0 Å². The summed E-state index contributed by atoms with van der Waals surface area (Å²) in [5.41, 5.74) is 0. The van der Waals surface area contributed by atoms with E-state index in [0.29, 0.717) is 6.54 Å². The molecule has 0 aliphatic carbocycles. The lowest BCUT2D eigenvalue weighted by Gasteiger charge is -2.05. The summed E-state index contributed by atoms with van der Waals surface area (Å²) in [5, 5.41) is 11.4. The minimum absolute atomic E-state index is 0.0685. The van der Waals surface area contributed by atoms with Crippen LogP contribution in [-0.2, 0) is 0 Å². The lowest BCUT2D eigenvalue weighted by molar-refractivity contribution is 0.594. The molecule has 1 atom stereocenters. The smallest absolute Gasteiger partial charge is 0.0960 e. The Morgan fingerprint density at radius 1 is 1.70 bits per heavy atom. The van der Waals surface area contributed by atoms with E-state index in [9.17, 15) is 0 Å². The van der Waals surface area contributed by atoms with Gasteiger partial charge in [0.25, 0.3) is 0 Å². The maximum atomic E-state index is 8.50. The molecule has 0 saturated carbocycles. The van der Waals surface area contributed by atoms with Crippen LogP contribution in [0.5, 0.6) is 0 Å². The van der Waals surface area contributed by atoms with Gasteiger partial charge in [0.15, 0.2) is 0 Å². The van der Waals surface area contributed by atoms with E-state index in [1.165, 1.54) is 0 Å². The molecule has 1 unspecified atom stereocenters. The highest BCUT2D eigenvalue weighted by atomic mass is 14.9. The average molecular weight is 136 g/mol. The molecule has 0 aromatic heterocycles. The minimum atomic E-state index is -0.0685. The van der Waals surface area contributed by atoms with Crippen LogP contribution in [-0.4, -0.2) is 12.6 Å². The summed E-state index contributed by atoms with van der Waals surface area (Å²) in [6.07, 6.45) is 6.89. The molecule has 2 heteroatoms. The molecule has 0 heterocycles. The van der Waals surface area contributed by atoms with Crippen LogP contribution >= 0.6 is 0 Å². The third-order valence-electron chi connectivity index (χ3n) is 1.18. The molecule has 10 heavy (non-hydrogen) atoms. The highest BCUT2D eigenvalue weighted by molar-refractivity contribution is 4.95. The van der Waals surface area contributed by atoms with Gasteiger partial charge < -0.3 is 0 Å². The number of hydrogen-bond acceptors (Lipinski definition) is 2. The standard InChI is InChI=1S/C8H12N2/c1-3-5-8(7-9)10-6-4-2/h2,8,10H,3,5-6H2,1H3. The van der Waals surface area contributed by atoms with E-state index in [1.807, 2.05) is 6.92 Å². The molecule has 0 rings (SSSR count). The van der Waals surface area contributed by atoms with Crippen LogP contribution in [0.15, 0.2) is 0 Å². The Balaban J connectivity index is 3.45. The zero-order chi connectivity index (χ0) is 7.82. The summed E-state index contributed by atoms with van der Waals surface area (Å²) < 4.78 is 0. The van der Waals surface area contributed by atoms with E-state index in [4.69, 9.17) is 11.7 Å². The van der Waals surface area contributed by atoms with Crippen molar-refractivity contribution < 1.29 is 0 Å². The van der Waals surface area contributed by atoms with Crippen molar-refractivity contribution in [1.82, 2.24) is 5.32 Å². The van der Waals surface area contributed by atoms with Gasteiger partial charge in [-0.05, 0) is 6.42 Å². The van der Waals surface area contributed by atoms with E-state index < -0.39 is 0 Å². The van der Waals surface area contributed by atoms with E-state index in [-0.39, 0.29) is 6.04 Å². The fraction of sp³-hybridized carbons (Fsp3) is 0.625. The first-order chi connectivity index (χ1) is 4.85. The molecule has 0 saturated heterocycles. The Labute approximate surface area is 62.2 Å². The molecule has 0 aromatic carbocycles. The van der Waals surface area contributed by atoms with E-state index in [0.717, 1.165) is 12.8 Å². The second-order valence-electron chi connectivity index (χ2n) is 2.06. The Morgan fingerprint density at radius 3 is 2.80 bits per heavy atom. The summed E-state index contributed by atoms with van der Waals surface area (Å²) in [5.74, 6) is 2.43. The van der Waals surface area contributed by atoms with Gasteiger partial charge in [0.05, 0.1) is 18.7 Å². The maximum Gasteiger partial charge on any atom is 0.0960 e.